The Morgan fingerprint density at radius 3 is 3.05 bits per heavy atom. The van der Waals surface area contributed by atoms with Crippen molar-refractivity contribution in [2.45, 2.75) is 25.4 Å². The van der Waals surface area contributed by atoms with Crippen LogP contribution >= 0.6 is 28.3 Å². The van der Waals surface area contributed by atoms with E-state index in [-0.39, 0.29) is 18.2 Å². The van der Waals surface area contributed by atoms with Crippen LogP contribution < -0.4 is 5.32 Å². The highest BCUT2D eigenvalue weighted by atomic mass is 79.9. The number of halogens is 3. The quantitative estimate of drug-likeness (QED) is 0.882. The molecule has 2 heterocycles. The molecule has 2 unspecified atom stereocenters. The fourth-order valence-corrected chi connectivity index (χ4v) is 3.54. The number of hydrogen-bond acceptors (Lipinski definition) is 2. The van der Waals surface area contributed by atoms with E-state index in [0.717, 1.165) is 48.2 Å². The Kier molecular flexibility index (Phi) is 5.23. The average molecular weight is 350 g/mol. The highest BCUT2D eigenvalue weighted by Gasteiger charge is 2.32. The summed E-state index contributed by atoms with van der Waals surface area (Å²) in [6, 6.07) is 5.66. The maximum absolute atomic E-state index is 13.3. The van der Waals surface area contributed by atoms with Crippen molar-refractivity contribution in [3.63, 3.8) is 0 Å². The van der Waals surface area contributed by atoms with Gasteiger partial charge in [-0.1, -0.05) is 15.9 Å². The molecule has 2 atom stereocenters. The SMILES string of the molecule is Cl.Fc1ccc(Br)c(CN2CCC3NCCC3C2)c1. The van der Waals surface area contributed by atoms with Crippen molar-refractivity contribution in [3.05, 3.63) is 34.1 Å². The van der Waals surface area contributed by atoms with Crippen LogP contribution in [0.3, 0.4) is 0 Å². The van der Waals surface area contributed by atoms with Crippen LogP contribution in [-0.2, 0) is 6.54 Å². The topological polar surface area (TPSA) is 15.3 Å². The van der Waals surface area contributed by atoms with Crippen LogP contribution in [0.2, 0.25) is 0 Å². The Bertz CT molecular complexity index is 443. The zero-order valence-corrected chi connectivity index (χ0v) is 13.1. The van der Waals surface area contributed by atoms with Crippen LogP contribution in [0, 0.1) is 11.7 Å². The molecule has 2 aliphatic rings. The van der Waals surface area contributed by atoms with Crippen molar-refractivity contribution in [2.24, 2.45) is 5.92 Å². The molecule has 1 aromatic rings. The van der Waals surface area contributed by atoms with Crippen molar-refractivity contribution in [1.82, 2.24) is 10.2 Å². The minimum atomic E-state index is -0.148. The Morgan fingerprint density at radius 1 is 1.37 bits per heavy atom. The first-order chi connectivity index (χ1) is 8.72. The lowest BCUT2D eigenvalue weighted by Crippen LogP contribution is -2.43. The third-order valence-electron chi connectivity index (χ3n) is 4.14. The van der Waals surface area contributed by atoms with Gasteiger partial charge in [0.15, 0.2) is 0 Å². The molecule has 19 heavy (non-hydrogen) atoms. The summed E-state index contributed by atoms with van der Waals surface area (Å²) in [6.07, 6.45) is 2.50. The van der Waals surface area contributed by atoms with Crippen molar-refractivity contribution >= 4 is 28.3 Å². The van der Waals surface area contributed by atoms with Crippen LogP contribution in [0.4, 0.5) is 4.39 Å². The maximum atomic E-state index is 13.3. The standard InChI is InChI=1S/C14H18BrFN2.ClH/c15-13-2-1-12(16)7-11(13)9-18-6-4-14-10(8-18)3-5-17-14;/h1-2,7,10,14,17H,3-6,8-9H2;1H. The van der Waals surface area contributed by atoms with Gasteiger partial charge in [-0.05, 0) is 55.6 Å². The van der Waals surface area contributed by atoms with Gasteiger partial charge in [0.1, 0.15) is 5.82 Å². The number of nitrogens with one attached hydrogen (secondary N) is 1. The van der Waals surface area contributed by atoms with Gasteiger partial charge in [0.25, 0.3) is 0 Å². The molecule has 0 spiro atoms. The van der Waals surface area contributed by atoms with Gasteiger partial charge in [-0.25, -0.2) is 4.39 Å². The molecule has 0 saturated carbocycles. The molecule has 2 fully saturated rings. The zero-order valence-electron chi connectivity index (χ0n) is 10.7. The fourth-order valence-electron chi connectivity index (χ4n) is 3.17. The lowest BCUT2D eigenvalue weighted by Gasteiger charge is -2.35. The van der Waals surface area contributed by atoms with Crippen molar-refractivity contribution < 1.29 is 4.39 Å². The summed E-state index contributed by atoms with van der Waals surface area (Å²) in [7, 11) is 0. The number of rotatable bonds is 2. The summed E-state index contributed by atoms with van der Waals surface area (Å²) in [5.41, 5.74) is 1.06. The lowest BCUT2D eigenvalue weighted by atomic mass is 9.93. The normalized spacial score (nSPS) is 26.8. The number of likely N-dealkylation sites (tertiary alicyclic amines) is 1. The Morgan fingerprint density at radius 2 is 2.21 bits per heavy atom. The van der Waals surface area contributed by atoms with Gasteiger partial charge < -0.3 is 5.32 Å². The smallest absolute Gasteiger partial charge is 0.123 e. The maximum Gasteiger partial charge on any atom is 0.123 e. The van der Waals surface area contributed by atoms with E-state index in [1.54, 1.807) is 12.1 Å². The van der Waals surface area contributed by atoms with E-state index in [1.807, 2.05) is 0 Å². The summed E-state index contributed by atoms with van der Waals surface area (Å²) in [5, 5.41) is 3.57. The number of piperidine rings is 1. The summed E-state index contributed by atoms with van der Waals surface area (Å²) in [4.78, 5) is 2.45. The van der Waals surface area contributed by atoms with E-state index in [0.29, 0.717) is 0 Å². The monoisotopic (exact) mass is 348 g/mol. The predicted octanol–water partition coefficient (Wildman–Crippen LogP) is 3.19. The number of benzene rings is 1. The molecule has 5 heteroatoms. The fraction of sp³-hybridized carbons (Fsp3) is 0.571. The summed E-state index contributed by atoms with van der Waals surface area (Å²) in [6.45, 7) is 4.26. The minimum Gasteiger partial charge on any atom is -0.314 e. The van der Waals surface area contributed by atoms with Crippen molar-refractivity contribution in [3.8, 4) is 0 Å². The molecule has 0 bridgehead atoms. The van der Waals surface area contributed by atoms with Crippen LogP contribution in [0.15, 0.2) is 22.7 Å². The molecule has 0 aliphatic carbocycles. The molecule has 2 saturated heterocycles. The number of fused-ring (bicyclic) bond motifs is 1. The van der Waals surface area contributed by atoms with Crippen LogP contribution in [-0.4, -0.2) is 30.6 Å². The Hall–Kier alpha value is -0.160. The second kappa shape index (κ2) is 6.53. The van der Waals surface area contributed by atoms with Gasteiger partial charge in [-0.2, -0.15) is 0 Å². The third kappa shape index (κ3) is 3.48. The van der Waals surface area contributed by atoms with E-state index < -0.39 is 0 Å². The van der Waals surface area contributed by atoms with Crippen LogP contribution in [0.25, 0.3) is 0 Å². The van der Waals surface area contributed by atoms with Gasteiger partial charge in [-0.3, -0.25) is 4.90 Å². The molecule has 2 aliphatic heterocycles. The van der Waals surface area contributed by atoms with Gasteiger partial charge in [0.2, 0.25) is 0 Å². The summed E-state index contributed by atoms with van der Waals surface area (Å²) in [5.74, 6) is 0.636. The molecule has 0 amide bonds. The first kappa shape index (κ1) is 15.2. The molecular formula is C14H19BrClFN2. The van der Waals surface area contributed by atoms with E-state index >= 15 is 0 Å². The van der Waals surface area contributed by atoms with Gasteiger partial charge in [-0.15, -0.1) is 12.4 Å². The van der Waals surface area contributed by atoms with Crippen molar-refractivity contribution in [1.29, 1.82) is 0 Å². The molecule has 0 radical (unpaired) electrons. The highest BCUT2D eigenvalue weighted by molar-refractivity contribution is 9.10. The van der Waals surface area contributed by atoms with Crippen LogP contribution in [0.1, 0.15) is 18.4 Å². The second-order valence-electron chi connectivity index (χ2n) is 5.37. The molecule has 3 rings (SSSR count). The lowest BCUT2D eigenvalue weighted by molar-refractivity contribution is 0.155. The van der Waals surface area contributed by atoms with Gasteiger partial charge in [0, 0.05) is 23.6 Å². The van der Waals surface area contributed by atoms with E-state index in [4.69, 9.17) is 0 Å². The van der Waals surface area contributed by atoms with E-state index in [9.17, 15) is 4.39 Å². The highest BCUT2D eigenvalue weighted by Crippen LogP contribution is 2.27. The average Bonchev–Trinajstić information content (AvgIpc) is 2.81. The Balaban J connectivity index is 0.00000133. The van der Waals surface area contributed by atoms with Crippen molar-refractivity contribution in [2.75, 3.05) is 19.6 Å². The third-order valence-corrected chi connectivity index (χ3v) is 4.92. The molecule has 106 valence electrons. The number of nitrogens with zero attached hydrogens (tertiary/aromatic N) is 1. The van der Waals surface area contributed by atoms with Gasteiger partial charge >= 0.3 is 0 Å². The minimum absolute atomic E-state index is 0. The molecule has 1 aromatic carbocycles. The summed E-state index contributed by atoms with van der Waals surface area (Å²) >= 11 is 3.51. The molecule has 2 nitrogen and oxygen atoms in total. The zero-order chi connectivity index (χ0) is 12.5. The first-order valence-electron chi connectivity index (χ1n) is 6.62. The number of hydrogen-bond donors (Lipinski definition) is 1. The molecule has 0 aromatic heterocycles. The molecule has 1 N–H and O–H groups in total. The summed E-state index contributed by atoms with van der Waals surface area (Å²) < 4.78 is 14.3. The van der Waals surface area contributed by atoms with E-state index in [2.05, 4.69) is 26.1 Å². The largest absolute Gasteiger partial charge is 0.314 e. The van der Waals surface area contributed by atoms with Gasteiger partial charge in [0.05, 0.1) is 0 Å². The first-order valence-corrected chi connectivity index (χ1v) is 7.41. The predicted molar refractivity (Wildman–Crippen MR) is 81.1 cm³/mol. The second-order valence-corrected chi connectivity index (χ2v) is 6.22. The van der Waals surface area contributed by atoms with E-state index in [1.165, 1.54) is 18.9 Å². The Labute approximate surface area is 128 Å². The molecular weight excluding hydrogens is 331 g/mol. The van der Waals surface area contributed by atoms with Crippen LogP contribution in [0.5, 0.6) is 0 Å².